The summed E-state index contributed by atoms with van der Waals surface area (Å²) in [6.07, 6.45) is 10.5. The number of aromatic nitrogens is 1. The van der Waals surface area contributed by atoms with Gasteiger partial charge in [-0.25, -0.2) is 0 Å². The Morgan fingerprint density at radius 1 is 1.31 bits per heavy atom. The lowest BCUT2D eigenvalue weighted by Crippen LogP contribution is -2.55. The predicted molar refractivity (Wildman–Crippen MR) is 127 cm³/mol. The molecule has 1 unspecified atom stereocenters. The molecule has 8 nitrogen and oxygen atoms in total. The Bertz CT molecular complexity index is 1070. The molecule has 170 valence electrons. The number of amides is 2. The lowest BCUT2D eigenvalue weighted by atomic mass is 9.89. The van der Waals surface area contributed by atoms with Crippen LogP contribution in [0.15, 0.2) is 48.4 Å². The number of allylic oxidation sites excluding steroid dienone is 1. The molecule has 0 saturated carbocycles. The third-order valence-corrected chi connectivity index (χ3v) is 6.03. The standard InChI is InChI=1S/C23H28N4O4S/c1-25-23(22(29)27-10-4-12-32-3)8-5-15(6-9-23)31-19-7-11-26-18-14-20(30-2)17(21(24)28)13-16(18)19/h5-8,11,13-14,25H,4,9-10,12H2,1-3H3,(H2,24,28)(H,27,29). The van der Waals surface area contributed by atoms with Crippen LogP contribution in [0.25, 0.3) is 10.9 Å². The summed E-state index contributed by atoms with van der Waals surface area (Å²) >= 11 is 1.76. The number of nitrogens with one attached hydrogen (secondary N) is 2. The Morgan fingerprint density at radius 2 is 2.12 bits per heavy atom. The molecule has 0 radical (unpaired) electrons. The summed E-state index contributed by atoms with van der Waals surface area (Å²) in [7, 11) is 3.24. The Hall–Kier alpha value is -3.04. The quantitative estimate of drug-likeness (QED) is 0.470. The van der Waals surface area contributed by atoms with Crippen molar-refractivity contribution in [3.63, 3.8) is 0 Å². The van der Waals surface area contributed by atoms with Crippen molar-refractivity contribution >= 4 is 34.5 Å². The van der Waals surface area contributed by atoms with Crippen molar-refractivity contribution in [1.82, 2.24) is 15.6 Å². The fourth-order valence-corrected chi connectivity index (χ4v) is 3.90. The van der Waals surface area contributed by atoms with Gasteiger partial charge in [-0.1, -0.05) is 6.08 Å². The maximum Gasteiger partial charge on any atom is 0.252 e. The van der Waals surface area contributed by atoms with Gasteiger partial charge in [-0.2, -0.15) is 11.8 Å². The van der Waals surface area contributed by atoms with Crippen molar-refractivity contribution in [2.45, 2.75) is 18.4 Å². The van der Waals surface area contributed by atoms with E-state index >= 15 is 0 Å². The summed E-state index contributed by atoms with van der Waals surface area (Å²) in [6.45, 7) is 0.638. The number of hydrogen-bond donors (Lipinski definition) is 3. The van der Waals surface area contributed by atoms with Crippen LogP contribution < -0.4 is 25.8 Å². The normalized spacial score (nSPS) is 17.7. The molecule has 0 spiro atoms. The molecule has 2 aromatic rings. The first-order valence-corrected chi connectivity index (χ1v) is 11.6. The monoisotopic (exact) mass is 456 g/mol. The van der Waals surface area contributed by atoms with Crippen LogP contribution in [0.2, 0.25) is 0 Å². The summed E-state index contributed by atoms with van der Waals surface area (Å²) in [4.78, 5) is 28.9. The van der Waals surface area contributed by atoms with Gasteiger partial charge >= 0.3 is 0 Å². The highest BCUT2D eigenvalue weighted by Gasteiger charge is 2.35. The summed E-state index contributed by atoms with van der Waals surface area (Å²) < 4.78 is 11.3. The van der Waals surface area contributed by atoms with Crippen LogP contribution in [0.1, 0.15) is 23.2 Å². The molecule has 0 aliphatic heterocycles. The number of ether oxygens (including phenoxy) is 2. The smallest absolute Gasteiger partial charge is 0.252 e. The number of thioether (sulfide) groups is 1. The first-order chi connectivity index (χ1) is 15.4. The van der Waals surface area contributed by atoms with E-state index in [-0.39, 0.29) is 11.5 Å². The lowest BCUT2D eigenvalue weighted by Gasteiger charge is -2.30. The number of hydrogen-bond acceptors (Lipinski definition) is 7. The van der Waals surface area contributed by atoms with Gasteiger partial charge in [0.25, 0.3) is 5.91 Å². The van der Waals surface area contributed by atoms with E-state index in [2.05, 4.69) is 15.6 Å². The van der Waals surface area contributed by atoms with Crippen LogP contribution in [0.3, 0.4) is 0 Å². The summed E-state index contributed by atoms with van der Waals surface area (Å²) in [6, 6.07) is 4.99. The highest BCUT2D eigenvalue weighted by atomic mass is 32.2. The number of carbonyl (C=O) groups is 2. The van der Waals surface area contributed by atoms with Gasteiger partial charge in [0, 0.05) is 30.6 Å². The largest absolute Gasteiger partial charge is 0.496 e. The topological polar surface area (TPSA) is 116 Å². The van der Waals surface area contributed by atoms with Gasteiger partial charge in [0.1, 0.15) is 22.8 Å². The summed E-state index contributed by atoms with van der Waals surface area (Å²) in [5.74, 6) is 1.81. The minimum absolute atomic E-state index is 0.0693. The third kappa shape index (κ3) is 5.05. The number of carbonyl (C=O) groups excluding carboxylic acids is 2. The Kier molecular flexibility index (Phi) is 7.76. The molecule has 1 aromatic carbocycles. The van der Waals surface area contributed by atoms with Gasteiger partial charge in [0.05, 0.1) is 18.2 Å². The molecule has 1 atom stereocenters. The van der Waals surface area contributed by atoms with Gasteiger partial charge in [-0.15, -0.1) is 0 Å². The van der Waals surface area contributed by atoms with Crippen LogP contribution in [-0.2, 0) is 4.79 Å². The Balaban J connectivity index is 1.79. The minimum atomic E-state index is -0.820. The van der Waals surface area contributed by atoms with Crippen molar-refractivity contribution in [2.75, 3.05) is 32.7 Å². The first-order valence-electron chi connectivity index (χ1n) is 10.2. The van der Waals surface area contributed by atoms with Crippen molar-refractivity contribution < 1.29 is 19.1 Å². The number of nitrogens with zero attached hydrogens (tertiary/aromatic N) is 1. The van der Waals surface area contributed by atoms with E-state index in [0.29, 0.717) is 41.1 Å². The number of nitrogens with two attached hydrogens (primary N) is 1. The van der Waals surface area contributed by atoms with Crippen LogP contribution in [0.5, 0.6) is 11.5 Å². The van der Waals surface area contributed by atoms with E-state index in [1.165, 1.54) is 7.11 Å². The molecular formula is C23H28N4O4S. The predicted octanol–water partition coefficient (Wildman–Crippen LogP) is 2.39. The SMILES string of the molecule is CNC1(C(=O)NCCCSC)C=CC(Oc2ccnc3cc(OC)c(C(N)=O)cc23)=CC1. The number of fused-ring (bicyclic) bond motifs is 1. The minimum Gasteiger partial charge on any atom is -0.496 e. The van der Waals surface area contributed by atoms with Crippen LogP contribution in [0.4, 0.5) is 0 Å². The second kappa shape index (κ2) is 10.5. The maximum absolute atomic E-state index is 12.8. The molecule has 0 saturated heterocycles. The number of rotatable bonds is 10. The average Bonchev–Trinajstić information content (AvgIpc) is 2.81. The van der Waals surface area contributed by atoms with E-state index in [0.717, 1.165) is 12.2 Å². The van der Waals surface area contributed by atoms with Crippen LogP contribution >= 0.6 is 11.8 Å². The van der Waals surface area contributed by atoms with Crippen molar-refractivity contribution in [3.05, 3.63) is 53.9 Å². The molecule has 4 N–H and O–H groups in total. The summed E-state index contributed by atoms with van der Waals surface area (Å²) in [5.41, 5.74) is 5.53. The molecule has 1 aliphatic rings. The first kappa shape index (κ1) is 23.6. The number of benzene rings is 1. The molecule has 0 fully saturated rings. The van der Waals surface area contributed by atoms with E-state index < -0.39 is 11.4 Å². The zero-order chi connectivity index (χ0) is 23.1. The molecule has 1 aromatic heterocycles. The fourth-order valence-electron chi connectivity index (χ4n) is 3.47. The second-order valence-electron chi connectivity index (χ2n) is 7.31. The van der Waals surface area contributed by atoms with E-state index in [9.17, 15) is 9.59 Å². The molecular weight excluding hydrogens is 428 g/mol. The zero-order valence-corrected chi connectivity index (χ0v) is 19.3. The van der Waals surface area contributed by atoms with Gasteiger partial charge in [0.2, 0.25) is 5.91 Å². The average molecular weight is 457 g/mol. The molecule has 1 heterocycles. The van der Waals surface area contributed by atoms with Crippen LogP contribution in [0, 0.1) is 0 Å². The second-order valence-corrected chi connectivity index (χ2v) is 8.30. The number of methoxy groups -OCH3 is 1. The zero-order valence-electron chi connectivity index (χ0n) is 18.4. The van der Waals surface area contributed by atoms with E-state index in [1.807, 2.05) is 18.4 Å². The highest BCUT2D eigenvalue weighted by molar-refractivity contribution is 7.98. The number of pyridine rings is 1. The van der Waals surface area contributed by atoms with Gasteiger partial charge in [-0.05, 0) is 49.8 Å². The van der Waals surface area contributed by atoms with Crippen molar-refractivity contribution in [3.8, 4) is 11.5 Å². The van der Waals surface area contributed by atoms with E-state index in [4.69, 9.17) is 15.2 Å². The van der Waals surface area contributed by atoms with Gasteiger partial charge < -0.3 is 25.8 Å². The molecule has 2 amide bonds. The molecule has 3 rings (SSSR count). The molecule has 32 heavy (non-hydrogen) atoms. The summed E-state index contributed by atoms with van der Waals surface area (Å²) in [5, 5.41) is 6.75. The Morgan fingerprint density at radius 3 is 2.75 bits per heavy atom. The third-order valence-electron chi connectivity index (χ3n) is 5.34. The van der Waals surface area contributed by atoms with Gasteiger partial charge in [-0.3, -0.25) is 14.6 Å². The van der Waals surface area contributed by atoms with E-state index in [1.54, 1.807) is 49.3 Å². The molecule has 9 heteroatoms. The van der Waals surface area contributed by atoms with Crippen molar-refractivity contribution in [1.29, 1.82) is 0 Å². The molecule has 0 bridgehead atoms. The van der Waals surface area contributed by atoms with Crippen molar-refractivity contribution in [2.24, 2.45) is 5.73 Å². The number of likely N-dealkylation sites (N-methyl/N-ethyl adjacent to an activating group) is 1. The highest BCUT2D eigenvalue weighted by Crippen LogP contribution is 2.32. The number of primary amides is 1. The van der Waals surface area contributed by atoms with Crippen LogP contribution in [-0.4, -0.2) is 55.0 Å². The lowest BCUT2D eigenvalue weighted by molar-refractivity contribution is -0.125. The Labute approximate surface area is 191 Å². The molecule has 1 aliphatic carbocycles. The fraction of sp³-hybridized carbons (Fsp3) is 0.348. The maximum atomic E-state index is 12.8. The van der Waals surface area contributed by atoms with Gasteiger partial charge in [0.15, 0.2) is 0 Å².